The van der Waals surface area contributed by atoms with Gasteiger partial charge in [0.2, 0.25) is 6.41 Å². The van der Waals surface area contributed by atoms with Gasteiger partial charge < -0.3 is 29.2 Å². The number of amides is 2. The van der Waals surface area contributed by atoms with Crippen LogP contribution in [0.1, 0.15) is 57.4 Å². The Balaban J connectivity index is 1.26. The Morgan fingerprint density at radius 1 is 1.05 bits per heavy atom. The molecular formula is C43H50F5N7O6. The summed E-state index contributed by atoms with van der Waals surface area (Å²) in [6.45, 7) is 3.16. The predicted octanol–water partition coefficient (Wildman–Crippen LogP) is 6.62. The third-order valence-electron chi connectivity index (χ3n) is 12.6. The average molecular weight is 856 g/mol. The lowest BCUT2D eigenvalue weighted by molar-refractivity contribution is -0.111. The van der Waals surface area contributed by atoms with Crippen molar-refractivity contribution in [3.05, 3.63) is 47.7 Å². The van der Waals surface area contributed by atoms with Crippen molar-refractivity contribution in [2.24, 2.45) is 0 Å². The van der Waals surface area contributed by atoms with Gasteiger partial charge in [-0.3, -0.25) is 19.6 Å². The number of carbonyl (C=O) groups is 2. The molecule has 18 heteroatoms. The number of anilines is 1. The molecule has 2 aromatic heterocycles. The Labute approximate surface area is 349 Å². The molecule has 4 aliphatic rings. The summed E-state index contributed by atoms with van der Waals surface area (Å²) >= 11 is 0. The minimum Gasteiger partial charge on any atom is -0.461 e. The summed E-state index contributed by atoms with van der Waals surface area (Å²) < 4.78 is 101. The SMILES string of the molecule is COCCCc1c(F)ccc2cc(OC(=O)N3CC(OC)CC(F)(F)C3)cc(-c3ncc4c(N5CC(F)CC(C)(NC=O)C5)nc(OCC56CCCN5CCC6)nc4c3F)c12. The molecule has 0 saturated carbocycles. The fourth-order valence-corrected chi connectivity index (χ4v) is 9.81. The lowest BCUT2D eigenvalue weighted by Crippen LogP contribution is -2.58. The first-order valence-electron chi connectivity index (χ1n) is 20.7. The number of piperidine rings is 2. The van der Waals surface area contributed by atoms with Crippen LogP contribution in [0.25, 0.3) is 32.9 Å². The van der Waals surface area contributed by atoms with Crippen molar-refractivity contribution in [3.63, 3.8) is 0 Å². The number of aromatic nitrogens is 3. The van der Waals surface area contributed by atoms with Gasteiger partial charge in [-0.25, -0.2) is 26.7 Å². The third-order valence-corrected chi connectivity index (χ3v) is 12.6. The van der Waals surface area contributed by atoms with Crippen LogP contribution in [0, 0.1) is 11.6 Å². The van der Waals surface area contributed by atoms with Gasteiger partial charge in [-0.1, -0.05) is 6.07 Å². The smallest absolute Gasteiger partial charge is 0.415 e. The van der Waals surface area contributed by atoms with Crippen LogP contribution in [0.3, 0.4) is 0 Å². The number of likely N-dealkylation sites (tertiary alicyclic amines) is 1. The Hall–Kier alpha value is -4.94. The predicted molar refractivity (Wildman–Crippen MR) is 216 cm³/mol. The number of halogens is 5. The summed E-state index contributed by atoms with van der Waals surface area (Å²) in [5, 5.41) is 3.50. The van der Waals surface area contributed by atoms with E-state index in [9.17, 15) is 18.4 Å². The van der Waals surface area contributed by atoms with Crippen LogP contribution in [-0.4, -0.2) is 133 Å². The molecular weight excluding hydrogens is 806 g/mol. The number of ether oxygens (including phenoxy) is 4. The quantitative estimate of drug-likeness (QED) is 0.0885. The summed E-state index contributed by atoms with van der Waals surface area (Å²) in [4.78, 5) is 43.8. The molecule has 2 aromatic carbocycles. The number of carbonyl (C=O) groups excluding carboxylic acids is 2. The topological polar surface area (TPSA) is 131 Å². The molecule has 4 saturated heterocycles. The van der Waals surface area contributed by atoms with Gasteiger partial charge in [0, 0.05) is 52.0 Å². The molecule has 4 fully saturated rings. The van der Waals surface area contributed by atoms with E-state index >= 15 is 13.2 Å². The largest absolute Gasteiger partial charge is 0.461 e. The highest BCUT2D eigenvalue weighted by atomic mass is 19.3. The molecule has 4 aliphatic heterocycles. The van der Waals surface area contributed by atoms with Crippen LogP contribution in [0.15, 0.2) is 30.5 Å². The standard InChI is InChI=1S/C43H50F5N7O6/c1-41(50-25-56)17-27(44)20-53(22-41)38-32-19-49-36(35(46)37(32)51-39(52-38)60-24-42-10-5-12-55(42)13-6-11-42)31-16-28(61-40(57)54-21-29(59-3)18-43(47,48)23-54)15-26-8-9-33(45)30(34(26)31)7-4-14-58-2/h8-9,15-16,19,25,27,29H,4-7,10-14,17-18,20-24H2,1-3H3,(H,50,56). The van der Waals surface area contributed by atoms with E-state index in [1.807, 2.05) is 0 Å². The Bertz CT molecular complexity index is 2300. The minimum absolute atomic E-state index is 0.0454. The first kappa shape index (κ1) is 42.7. The third kappa shape index (κ3) is 8.63. The number of hydrogen-bond donors (Lipinski definition) is 1. The molecule has 0 spiro atoms. The van der Waals surface area contributed by atoms with Crippen LogP contribution < -0.4 is 19.7 Å². The first-order chi connectivity index (χ1) is 29.2. The molecule has 4 aromatic rings. The number of hydrogen-bond acceptors (Lipinski definition) is 11. The van der Waals surface area contributed by atoms with Crippen LogP contribution in [0.4, 0.5) is 32.6 Å². The first-order valence-corrected chi connectivity index (χ1v) is 20.7. The van der Waals surface area contributed by atoms with E-state index in [-0.39, 0.29) is 95.3 Å². The normalized spacial score (nSPS) is 23.7. The van der Waals surface area contributed by atoms with Gasteiger partial charge in [0.05, 0.1) is 42.2 Å². The number of fused-ring (bicyclic) bond motifs is 3. The van der Waals surface area contributed by atoms with Crippen LogP contribution in [0.2, 0.25) is 0 Å². The molecule has 8 rings (SSSR count). The Kier molecular flexibility index (Phi) is 12.0. The highest BCUT2D eigenvalue weighted by Gasteiger charge is 2.46. The fraction of sp³-hybridized carbons (Fsp3) is 0.558. The number of methoxy groups -OCH3 is 2. The number of rotatable bonds is 13. The maximum Gasteiger partial charge on any atom is 0.415 e. The van der Waals surface area contributed by atoms with Crippen LogP contribution in [0.5, 0.6) is 11.8 Å². The van der Waals surface area contributed by atoms with E-state index in [0.717, 1.165) is 43.7 Å². The second kappa shape index (κ2) is 17.1. The van der Waals surface area contributed by atoms with Gasteiger partial charge >= 0.3 is 12.1 Å². The Morgan fingerprint density at radius 2 is 1.84 bits per heavy atom. The van der Waals surface area contributed by atoms with E-state index in [1.165, 1.54) is 44.7 Å². The van der Waals surface area contributed by atoms with E-state index in [2.05, 4.69) is 20.2 Å². The van der Waals surface area contributed by atoms with Gasteiger partial charge in [-0.2, -0.15) is 9.97 Å². The second-order valence-electron chi connectivity index (χ2n) is 17.1. The lowest BCUT2D eigenvalue weighted by atomic mass is 9.90. The highest BCUT2D eigenvalue weighted by molar-refractivity contribution is 6.02. The molecule has 3 unspecified atom stereocenters. The number of nitrogens with one attached hydrogen (secondary N) is 1. The molecule has 0 bridgehead atoms. The summed E-state index contributed by atoms with van der Waals surface area (Å²) in [5.74, 6) is -4.70. The fourth-order valence-electron chi connectivity index (χ4n) is 9.81. The van der Waals surface area contributed by atoms with Crippen LogP contribution >= 0.6 is 0 Å². The summed E-state index contributed by atoms with van der Waals surface area (Å²) in [7, 11) is 2.81. The second-order valence-corrected chi connectivity index (χ2v) is 17.1. The molecule has 2 amide bonds. The van der Waals surface area contributed by atoms with Crippen molar-refractivity contribution >= 4 is 40.0 Å². The van der Waals surface area contributed by atoms with E-state index in [0.29, 0.717) is 24.8 Å². The van der Waals surface area contributed by atoms with E-state index in [4.69, 9.17) is 23.9 Å². The number of alkyl halides is 3. The average Bonchev–Trinajstić information content (AvgIpc) is 3.81. The van der Waals surface area contributed by atoms with Gasteiger partial charge in [0.15, 0.2) is 5.82 Å². The molecule has 13 nitrogen and oxygen atoms in total. The van der Waals surface area contributed by atoms with Gasteiger partial charge in [0.1, 0.15) is 41.4 Å². The van der Waals surface area contributed by atoms with Crippen molar-refractivity contribution in [2.75, 3.05) is 71.6 Å². The van der Waals surface area contributed by atoms with Gasteiger partial charge in [-0.05, 0) is 93.1 Å². The molecule has 3 atom stereocenters. The van der Waals surface area contributed by atoms with Crippen molar-refractivity contribution in [1.82, 2.24) is 30.1 Å². The summed E-state index contributed by atoms with van der Waals surface area (Å²) in [6, 6.07) is 5.36. The molecule has 1 N–H and O–H groups in total. The van der Waals surface area contributed by atoms with E-state index < -0.39 is 54.4 Å². The molecule has 0 radical (unpaired) electrons. The molecule has 6 heterocycles. The zero-order chi connectivity index (χ0) is 43.1. The number of benzene rings is 2. The number of nitrogens with zero attached hydrogens (tertiary/aromatic N) is 6. The minimum atomic E-state index is -3.22. The van der Waals surface area contributed by atoms with E-state index in [1.54, 1.807) is 11.8 Å². The number of pyridine rings is 1. The van der Waals surface area contributed by atoms with Crippen molar-refractivity contribution < 1.29 is 50.5 Å². The maximum absolute atomic E-state index is 17.6. The Morgan fingerprint density at radius 3 is 2.57 bits per heavy atom. The maximum atomic E-state index is 17.6. The highest BCUT2D eigenvalue weighted by Crippen LogP contribution is 2.42. The van der Waals surface area contributed by atoms with Crippen molar-refractivity contribution in [3.8, 4) is 23.0 Å². The molecule has 0 aliphatic carbocycles. The van der Waals surface area contributed by atoms with Crippen LogP contribution in [-0.2, 0) is 20.7 Å². The van der Waals surface area contributed by atoms with Crippen molar-refractivity contribution in [2.45, 2.75) is 87.6 Å². The number of aryl methyl sites for hydroxylation is 1. The summed E-state index contributed by atoms with van der Waals surface area (Å²) in [5.41, 5.74) is -1.40. The zero-order valence-corrected chi connectivity index (χ0v) is 34.5. The summed E-state index contributed by atoms with van der Waals surface area (Å²) in [6.07, 6.45) is 2.46. The van der Waals surface area contributed by atoms with Gasteiger partial charge in [-0.15, -0.1) is 0 Å². The lowest BCUT2D eigenvalue weighted by Gasteiger charge is -2.42. The zero-order valence-electron chi connectivity index (χ0n) is 34.5. The van der Waals surface area contributed by atoms with Gasteiger partial charge in [0.25, 0.3) is 5.92 Å². The molecule has 328 valence electrons. The van der Waals surface area contributed by atoms with Crippen molar-refractivity contribution in [1.29, 1.82) is 0 Å². The molecule has 61 heavy (non-hydrogen) atoms. The monoisotopic (exact) mass is 855 g/mol.